The third kappa shape index (κ3) is 6.31. The summed E-state index contributed by atoms with van der Waals surface area (Å²) in [6.07, 6.45) is 4.91. The average molecular weight is 372 g/mol. The molecule has 0 aliphatic rings. The number of hydrogen-bond donors (Lipinski definition) is 1. The van der Waals surface area contributed by atoms with E-state index in [1.807, 2.05) is 0 Å². The molecular weight excluding hydrogens is 351 g/mol. The Morgan fingerprint density at radius 2 is 1.68 bits per heavy atom. The van der Waals surface area contributed by atoms with E-state index in [-0.39, 0.29) is 51.7 Å². The first-order valence-corrected chi connectivity index (χ1v) is 9.40. The molecule has 0 fully saturated rings. The molecule has 2 aromatic carbocycles. The number of aryl methyl sites for hydroxylation is 1. The van der Waals surface area contributed by atoms with Gasteiger partial charge in [0.05, 0.1) is 0 Å². The minimum Gasteiger partial charge on any atom is -0.870 e. The molecule has 0 atom stereocenters. The molecule has 130 valence electrons. The fraction of sp³-hybridized carbons (Fsp3) is 0.333. The molecule has 25 heavy (non-hydrogen) atoms. The topological polar surface area (TPSA) is 86.7 Å². The van der Waals surface area contributed by atoms with Crippen molar-refractivity contribution in [3.8, 4) is 17.2 Å². The van der Waals surface area contributed by atoms with Crippen LogP contribution < -0.4 is 39.4 Å². The second-order valence-electron chi connectivity index (χ2n) is 5.58. The van der Waals surface area contributed by atoms with Crippen LogP contribution in [0.2, 0.25) is 0 Å². The SMILES string of the molecule is CCCCCCc1cccc(Oc2ccccc2S(=O)(=O)O)c1[O-].[Na+]. The molecule has 2 rings (SSSR count). The van der Waals surface area contributed by atoms with Gasteiger partial charge in [-0.15, -0.1) is 0 Å². The molecule has 0 saturated heterocycles. The van der Waals surface area contributed by atoms with Crippen molar-refractivity contribution in [2.75, 3.05) is 0 Å². The van der Waals surface area contributed by atoms with E-state index >= 15 is 0 Å². The van der Waals surface area contributed by atoms with Crippen molar-refractivity contribution in [1.82, 2.24) is 0 Å². The van der Waals surface area contributed by atoms with Crippen molar-refractivity contribution in [3.05, 3.63) is 48.0 Å². The van der Waals surface area contributed by atoms with Gasteiger partial charge in [-0.05, 0) is 31.0 Å². The largest absolute Gasteiger partial charge is 1.00 e. The van der Waals surface area contributed by atoms with Gasteiger partial charge < -0.3 is 9.84 Å². The average Bonchev–Trinajstić information content (AvgIpc) is 2.54. The van der Waals surface area contributed by atoms with Gasteiger partial charge in [-0.25, -0.2) is 0 Å². The molecule has 0 aliphatic heterocycles. The van der Waals surface area contributed by atoms with Crippen LogP contribution in [0.4, 0.5) is 0 Å². The smallest absolute Gasteiger partial charge is 0.870 e. The molecule has 0 heterocycles. The van der Waals surface area contributed by atoms with Gasteiger partial charge in [0.2, 0.25) is 0 Å². The molecule has 2 aromatic rings. The Kier molecular flexibility index (Phi) is 8.96. The molecule has 5 nitrogen and oxygen atoms in total. The molecule has 0 aliphatic carbocycles. The second kappa shape index (κ2) is 10.2. The van der Waals surface area contributed by atoms with Gasteiger partial charge in [0.25, 0.3) is 10.1 Å². The van der Waals surface area contributed by atoms with Gasteiger partial charge in [0.1, 0.15) is 16.4 Å². The summed E-state index contributed by atoms with van der Waals surface area (Å²) in [5.41, 5.74) is 0.646. The van der Waals surface area contributed by atoms with Crippen molar-refractivity contribution in [2.24, 2.45) is 0 Å². The van der Waals surface area contributed by atoms with Gasteiger partial charge in [-0.2, -0.15) is 8.42 Å². The summed E-state index contributed by atoms with van der Waals surface area (Å²) in [5, 5.41) is 12.5. The van der Waals surface area contributed by atoms with E-state index in [1.54, 1.807) is 18.2 Å². The van der Waals surface area contributed by atoms with Crippen molar-refractivity contribution >= 4 is 10.1 Å². The number of hydrogen-bond acceptors (Lipinski definition) is 4. The number of benzene rings is 2. The molecule has 0 aromatic heterocycles. The Morgan fingerprint density at radius 1 is 1.00 bits per heavy atom. The summed E-state index contributed by atoms with van der Waals surface area (Å²) in [7, 11) is -4.42. The van der Waals surface area contributed by atoms with E-state index in [2.05, 4.69) is 6.92 Å². The normalized spacial score (nSPS) is 11.0. The predicted octanol–water partition coefficient (Wildman–Crippen LogP) is 0.926. The molecule has 0 radical (unpaired) electrons. The predicted molar refractivity (Wildman–Crippen MR) is 90.1 cm³/mol. The van der Waals surface area contributed by atoms with Crippen LogP contribution in [0.15, 0.2) is 47.4 Å². The standard InChI is InChI=1S/C18H22O5S.Na/c1-2-3-4-5-9-14-10-8-12-16(18(14)19)23-15-11-6-7-13-17(15)24(20,21)22;/h6-8,10-13,19H,2-5,9H2,1H3,(H,20,21,22);/q;+1/p-1. The Bertz CT molecular complexity index is 790. The number of rotatable bonds is 8. The first kappa shape index (κ1) is 22.0. The zero-order valence-electron chi connectivity index (χ0n) is 14.6. The van der Waals surface area contributed by atoms with Crippen molar-refractivity contribution < 1.29 is 52.4 Å². The molecule has 0 unspecified atom stereocenters. The van der Waals surface area contributed by atoms with Gasteiger partial charge >= 0.3 is 29.6 Å². The maximum absolute atomic E-state index is 12.5. The Morgan fingerprint density at radius 3 is 2.36 bits per heavy atom. The third-order valence-corrected chi connectivity index (χ3v) is 4.60. The van der Waals surface area contributed by atoms with Crippen LogP contribution in [0.3, 0.4) is 0 Å². The van der Waals surface area contributed by atoms with E-state index in [4.69, 9.17) is 4.74 Å². The maximum atomic E-state index is 12.5. The fourth-order valence-electron chi connectivity index (χ4n) is 2.45. The molecule has 0 saturated carbocycles. The van der Waals surface area contributed by atoms with E-state index in [0.29, 0.717) is 12.0 Å². The number of para-hydroxylation sites is 2. The molecule has 0 bridgehead atoms. The Labute approximate surface area is 171 Å². The number of ether oxygens (including phenoxy) is 1. The van der Waals surface area contributed by atoms with Gasteiger partial charge in [0.15, 0.2) is 0 Å². The zero-order chi connectivity index (χ0) is 17.6. The summed E-state index contributed by atoms with van der Waals surface area (Å²) in [5.74, 6) is -0.265. The van der Waals surface area contributed by atoms with E-state index in [0.717, 1.165) is 25.7 Å². The first-order chi connectivity index (χ1) is 11.4. The summed E-state index contributed by atoms with van der Waals surface area (Å²) in [6, 6.07) is 10.6. The Hall–Kier alpha value is -1.05. The first-order valence-electron chi connectivity index (χ1n) is 7.96. The van der Waals surface area contributed by atoms with Crippen LogP contribution in [-0.2, 0) is 16.5 Å². The Balaban J connectivity index is 0.00000312. The molecule has 0 amide bonds. The van der Waals surface area contributed by atoms with Gasteiger partial charge in [0, 0.05) is 0 Å². The summed E-state index contributed by atoms with van der Waals surface area (Å²) in [4.78, 5) is -0.363. The van der Waals surface area contributed by atoms with Crippen LogP contribution in [0.25, 0.3) is 0 Å². The monoisotopic (exact) mass is 372 g/mol. The van der Waals surface area contributed by atoms with Crippen LogP contribution in [0.1, 0.15) is 38.2 Å². The maximum Gasteiger partial charge on any atom is 1.00 e. The summed E-state index contributed by atoms with van der Waals surface area (Å²) >= 11 is 0. The minimum absolute atomic E-state index is 0. The van der Waals surface area contributed by atoms with Gasteiger partial charge in [-0.1, -0.05) is 61.8 Å². The minimum atomic E-state index is -4.42. The molecule has 1 N–H and O–H groups in total. The molecular formula is C18H21NaO5S. The van der Waals surface area contributed by atoms with E-state index in [1.165, 1.54) is 24.3 Å². The summed E-state index contributed by atoms with van der Waals surface area (Å²) < 4.78 is 37.5. The second-order valence-corrected chi connectivity index (χ2v) is 6.97. The quantitative estimate of drug-likeness (QED) is 0.423. The van der Waals surface area contributed by atoms with E-state index in [9.17, 15) is 18.1 Å². The van der Waals surface area contributed by atoms with Crippen molar-refractivity contribution in [1.29, 1.82) is 0 Å². The van der Waals surface area contributed by atoms with Crippen LogP contribution in [0.5, 0.6) is 17.2 Å². The fourth-order valence-corrected chi connectivity index (χ4v) is 3.06. The van der Waals surface area contributed by atoms with Crippen molar-refractivity contribution in [2.45, 2.75) is 43.9 Å². The molecule has 7 heteroatoms. The van der Waals surface area contributed by atoms with Crippen LogP contribution in [0, 0.1) is 0 Å². The molecule has 0 spiro atoms. The third-order valence-electron chi connectivity index (χ3n) is 3.71. The zero-order valence-corrected chi connectivity index (χ0v) is 17.4. The summed E-state index contributed by atoms with van der Waals surface area (Å²) in [6.45, 7) is 2.13. The van der Waals surface area contributed by atoms with Crippen LogP contribution >= 0.6 is 0 Å². The van der Waals surface area contributed by atoms with Crippen LogP contribution in [-0.4, -0.2) is 13.0 Å². The number of unbranched alkanes of at least 4 members (excludes halogenated alkanes) is 3. The van der Waals surface area contributed by atoms with E-state index < -0.39 is 10.1 Å². The van der Waals surface area contributed by atoms with Gasteiger partial charge in [-0.3, -0.25) is 4.55 Å². The van der Waals surface area contributed by atoms with Crippen molar-refractivity contribution in [3.63, 3.8) is 0 Å².